The number of aromatic nitrogens is 4. The third kappa shape index (κ3) is 2.69. The van der Waals surface area contributed by atoms with Gasteiger partial charge in [0, 0.05) is 29.7 Å². The highest BCUT2D eigenvalue weighted by molar-refractivity contribution is 5.84. The first-order valence-corrected chi connectivity index (χ1v) is 7.38. The lowest BCUT2D eigenvalue weighted by Crippen LogP contribution is -2.17. The summed E-state index contributed by atoms with van der Waals surface area (Å²) in [6.07, 6.45) is 4.70. The number of nitrogens with two attached hydrogens (primary N) is 1. The average molecular weight is 283 g/mol. The van der Waals surface area contributed by atoms with Crippen LogP contribution in [0.3, 0.4) is 0 Å². The summed E-state index contributed by atoms with van der Waals surface area (Å²) in [6.45, 7) is 5.68. The summed E-state index contributed by atoms with van der Waals surface area (Å²) < 4.78 is 4.17. The van der Waals surface area contributed by atoms with E-state index in [4.69, 9.17) is 5.73 Å². The summed E-state index contributed by atoms with van der Waals surface area (Å²) in [5.74, 6) is 0.977. The lowest BCUT2D eigenvalue weighted by molar-refractivity contribution is 0.596. The number of benzene rings is 1. The molecule has 0 bridgehead atoms. The van der Waals surface area contributed by atoms with E-state index in [1.807, 2.05) is 11.6 Å². The largest absolute Gasteiger partial charge is 0.340 e. The van der Waals surface area contributed by atoms with Crippen LogP contribution in [0.25, 0.3) is 10.9 Å². The van der Waals surface area contributed by atoms with E-state index in [0.29, 0.717) is 0 Å². The van der Waals surface area contributed by atoms with Crippen molar-refractivity contribution in [2.45, 2.75) is 39.4 Å². The second kappa shape index (κ2) is 5.69. The Hall–Kier alpha value is -2.14. The van der Waals surface area contributed by atoms with E-state index >= 15 is 0 Å². The topological polar surface area (TPSA) is 61.7 Å². The van der Waals surface area contributed by atoms with Crippen LogP contribution in [0, 0.1) is 0 Å². The summed E-state index contributed by atoms with van der Waals surface area (Å²) in [5.41, 5.74) is 8.49. The highest BCUT2D eigenvalue weighted by atomic mass is 15.3. The van der Waals surface area contributed by atoms with Gasteiger partial charge in [-0.25, -0.2) is 9.67 Å². The van der Waals surface area contributed by atoms with Gasteiger partial charge in [0.1, 0.15) is 12.2 Å². The summed E-state index contributed by atoms with van der Waals surface area (Å²) in [4.78, 5) is 4.37. The van der Waals surface area contributed by atoms with Crippen LogP contribution in [0.2, 0.25) is 0 Å². The van der Waals surface area contributed by atoms with E-state index in [9.17, 15) is 0 Å². The zero-order valence-corrected chi connectivity index (χ0v) is 12.5. The highest BCUT2D eigenvalue weighted by Crippen LogP contribution is 2.23. The summed E-state index contributed by atoms with van der Waals surface area (Å²) in [5, 5.41) is 5.51. The van der Waals surface area contributed by atoms with E-state index in [0.717, 1.165) is 25.3 Å². The molecule has 0 aliphatic carbocycles. The van der Waals surface area contributed by atoms with Crippen molar-refractivity contribution in [3.63, 3.8) is 0 Å². The normalized spacial score (nSPS) is 12.9. The third-order valence-electron chi connectivity index (χ3n) is 3.72. The van der Waals surface area contributed by atoms with E-state index in [2.05, 4.69) is 52.0 Å². The standard InChI is InChI=1S/C16H21N5/c1-3-21-16(18-11-19-21)10-20-9-13(8-12(2)17)14-6-4-5-7-15(14)20/h4-7,9,11-12H,3,8,10,17H2,1-2H3. The van der Waals surface area contributed by atoms with Gasteiger partial charge in [0.25, 0.3) is 0 Å². The predicted octanol–water partition coefficient (Wildman–Crippen LogP) is 2.19. The van der Waals surface area contributed by atoms with E-state index in [-0.39, 0.29) is 6.04 Å². The van der Waals surface area contributed by atoms with E-state index < -0.39 is 0 Å². The number of nitrogens with zero attached hydrogens (tertiary/aromatic N) is 4. The summed E-state index contributed by atoms with van der Waals surface area (Å²) in [7, 11) is 0. The Morgan fingerprint density at radius 1 is 1.29 bits per heavy atom. The minimum absolute atomic E-state index is 0.156. The Bertz CT molecular complexity index is 738. The first-order valence-electron chi connectivity index (χ1n) is 7.38. The lowest BCUT2D eigenvalue weighted by atomic mass is 10.1. The molecule has 0 saturated carbocycles. The van der Waals surface area contributed by atoms with Crippen molar-refractivity contribution in [1.82, 2.24) is 19.3 Å². The van der Waals surface area contributed by atoms with Crippen LogP contribution in [0.5, 0.6) is 0 Å². The van der Waals surface area contributed by atoms with E-state index in [1.165, 1.54) is 16.5 Å². The molecular formula is C16H21N5. The number of rotatable bonds is 5. The monoisotopic (exact) mass is 283 g/mol. The number of aryl methyl sites for hydroxylation is 1. The van der Waals surface area contributed by atoms with Crippen LogP contribution >= 0.6 is 0 Å². The molecule has 0 spiro atoms. The quantitative estimate of drug-likeness (QED) is 0.780. The molecule has 0 aliphatic heterocycles. The van der Waals surface area contributed by atoms with Gasteiger partial charge in [-0.2, -0.15) is 5.10 Å². The van der Waals surface area contributed by atoms with Gasteiger partial charge in [0.05, 0.1) is 6.54 Å². The molecule has 0 fully saturated rings. The summed E-state index contributed by atoms with van der Waals surface area (Å²) in [6, 6.07) is 8.61. The Balaban J connectivity index is 2.02. The first-order chi connectivity index (χ1) is 10.2. The molecule has 1 aromatic carbocycles. The van der Waals surface area contributed by atoms with Crippen LogP contribution in [-0.4, -0.2) is 25.4 Å². The molecule has 2 N–H and O–H groups in total. The maximum absolute atomic E-state index is 5.97. The van der Waals surface area contributed by atoms with Crippen molar-refractivity contribution in [2.75, 3.05) is 0 Å². The Morgan fingerprint density at radius 2 is 2.10 bits per heavy atom. The molecule has 110 valence electrons. The smallest absolute Gasteiger partial charge is 0.146 e. The summed E-state index contributed by atoms with van der Waals surface area (Å²) >= 11 is 0. The molecule has 5 nitrogen and oxygen atoms in total. The van der Waals surface area contributed by atoms with Gasteiger partial charge in [-0.1, -0.05) is 18.2 Å². The highest BCUT2D eigenvalue weighted by Gasteiger charge is 2.11. The molecule has 3 rings (SSSR count). The molecule has 0 radical (unpaired) electrons. The van der Waals surface area contributed by atoms with Crippen molar-refractivity contribution in [2.24, 2.45) is 5.73 Å². The number of hydrogen-bond donors (Lipinski definition) is 1. The molecule has 2 aromatic heterocycles. The van der Waals surface area contributed by atoms with Crippen LogP contribution in [0.15, 0.2) is 36.8 Å². The zero-order chi connectivity index (χ0) is 14.8. The molecule has 1 atom stereocenters. The van der Waals surface area contributed by atoms with Crippen molar-refractivity contribution in [3.05, 3.63) is 48.2 Å². The lowest BCUT2D eigenvalue weighted by Gasteiger charge is -2.06. The Kier molecular flexibility index (Phi) is 3.75. The van der Waals surface area contributed by atoms with Crippen molar-refractivity contribution < 1.29 is 0 Å². The Morgan fingerprint density at radius 3 is 2.86 bits per heavy atom. The van der Waals surface area contributed by atoms with Crippen LogP contribution in [-0.2, 0) is 19.5 Å². The average Bonchev–Trinajstić information content (AvgIpc) is 3.05. The maximum Gasteiger partial charge on any atom is 0.146 e. The second-order valence-electron chi connectivity index (χ2n) is 5.47. The predicted molar refractivity (Wildman–Crippen MR) is 84.1 cm³/mol. The Labute approximate surface area is 124 Å². The van der Waals surface area contributed by atoms with Crippen LogP contribution in [0.4, 0.5) is 0 Å². The SMILES string of the molecule is CCn1ncnc1Cn1cc(CC(C)N)c2ccccc21. The van der Waals surface area contributed by atoms with Gasteiger partial charge >= 0.3 is 0 Å². The van der Waals surface area contributed by atoms with Gasteiger partial charge < -0.3 is 10.3 Å². The number of para-hydroxylation sites is 1. The molecule has 21 heavy (non-hydrogen) atoms. The van der Waals surface area contributed by atoms with Gasteiger partial charge in [0.15, 0.2) is 0 Å². The second-order valence-corrected chi connectivity index (χ2v) is 5.47. The maximum atomic E-state index is 5.97. The molecule has 3 aromatic rings. The molecule has 0 amide bonds. The molecule has 0 aliphatic rings. The van der Waals surface area contributed by atoms with Crippen molar-refractivity contribution in [3.8, 4) is 0 Å². The molecule has 1 unspecified atom stereocenters. The fourth-order valence-corrected chi connectivity index (χ4v) is 2.79. The fraction of sp³-hybridized carbons (Fsp3) is 0.375. The fourth-order valence-electron chi connectivity index (χ4n) is 2.79. The van der Waals surface area contributed by atoms with Gasteiger partial charge in [-0.15, -0.1) is 0 Å². The molecule has 0 saturated heterocycles. The number of fused-ring (bicyclic) bond motifs is 1. The van der Waals surface area contributed by atoms with Crippen LogP contribution < -0.4 is 5.73 Å². The minimum Gasteiger partial charge on any atom is -0.340 e. The first kappa shape index (κ1) is 13.8. The molecular weight excluding hydrogens is 262 g/mol. The van der Waals surface area contributed by atoms with Crippen molar-refractivity contribution >= 4 is 10.9 Å². The van der Waals surface area contributed by atoms with Gasteiger partial charge in [-0.05, 0) is 31.9 Å². The van der Waals surface area contributed by atoms with Gasteiger partial charge in [-0.3, -0.25) is 0 Å². The van der Waals surface area contributed by atoms with Gasteiger partial charge in [0.2, 0.25) is 0 Å². The van der Waals surface area contributed by atoms with Crippen LogP contribution in [0.1, 0.15) is 25.2 Å². The number of hydrogen-bond acceptors (Lipinski definition) is 3. The molecule has 2 heterocycles. The third-order valence-corrected chi connectivity index (χ3v) is 3.72. The zero-order valence-electron chi connectivity index (χ0n) is 12.5. The minimum atomic E-state index is 0.156. The molecule has 5 heteroatoms. The van der Waals surface area contributed by atoms with Crippen molar-refractivity contribution in [1.29, 1.82) is 0 Å². The van der Waals surface area contributed by atoms with E-state index in [1.54, 1.807) is 6.33 Å².